The largest absolute Gasteiger partial charge is 0.477 e. The first kappa shape index (κ1) is 19.2. The second kappa shape index (κ2) is 7.22. The quantitative estimate of drug-likeness (QED) is 0.766. The lowest BCUT2D eigenvalue weighted by Crippen LogP contribution is -2.19. The Morgan fingerprint density at radius 1 is 1.33 bits per heavy atom. The van der Waals surface area contributed by atoms with Crippen molar-refractivity contribution in [1.82, 2.24) is 14.8 Å². The molecule has 1 saturated carbocycles. The van der Waals surface area contributed by atoms with E-state index in [1.165, 1.54) is 12.1 Å². The smallest absolute Gasteiger partial charge is 0.341 e. The van der Waals surface area contributed by atoms with Crippen molar-refractivity contribution < 1.29 is 27.1 Å². The molecule has 146 valence electrons. The monoisotopic (exact) mass is 400 g/mol. The van der Waals surface area contributed by atoms with Crippen molar-refractivity contribution in [2.24, 2.45) is 0 Å². The molecule has 0 atom stereocenters. The maximum absolute atomic E-state index is 13.4. The Kier molecular flexibility index (Phi) is 5.13. The molecule has 0 aromatic carbocycles. The normalized spacial score (nSPS) is 15.4. The summed E-state index contributed by atoms with van der Waals surface area (Å²) in [7, 11) is -3.48. The molecule has 0 aliphatic heterocycles. The predicted octanol–water partition coefficient (Wildman–Crippen LogP) is 2.66. The number of sulfone groups is 1. The van der Waals surface area contributed by atoms with Gasteiger partial charge in [-0.2, -0.15) is 9.78 Å². The van der Waals surface area contributed by atoms with E-state index in [0.717, 1.165) is 42.8 Å². The van der Waals surface area contributed by atoms with Crippen molar-refractivity contribution in [1.29, 1.82) is 0 Å². The summed E-state index contributed by atoms with van der Waals surface area (Å²) < 4.78 is 50.8. The van der Waals surface area contributed by atoms with Crippen LogP contribution in [0.15, 0.2) is 23.2 Å². The van der Waals surface area contributed by atoms with Crippen LogP contribution in [0.25, 0.3) is 5.82 Å². The van der Waals surface area contributed by atoms with Gasteiger partial charge < -0.3 is 10.4 Å². The topological polar surface area (TPSA) is 114 Å². The van der Waals surface area contributed by atoms with Crippen LogP contribution in [-0.2, 0) is 9.84 Å². The van der Waals surface area contributed by atoms with Gasteiger partial charge in [-0.25, -0.2) is 27.0 Å². The number of carboxylic acids is 1. The first-order chi connectivity index (χ1) is 12.7. The Morgan fingerprint density at radius 2 is 2.00 bits per heavy atom. The highest BCUT2D eigenvalue weighted by atomic mass is 32.2. The van der Waals surface area contributed by atoms with Gasteiger partial charge in [-0.15, -0.1) is 0 Å². The molecule has 2 heterocycles. The van der Waals surface area contributed by atoms with E-state index in [1.807, 2.05) is 0 Å². The van der Waals surface area contributed by atoms with Crippen molar-refractivity contribution in [3.05, 3.63) is 29.6 Å². The molecule has 3 rings (SSSR count). The zero-order valence-electron chi connectivity index (χ0n) is 14.4. The van der Waals surface area contributed by atoms with Gasteiger partial charge >= 0.3 is 5.97 Å². The van der Waals surface area contributed by atoms with E-state index >= 15 is 0 Å². The number of hydrogen-bond donors (Lipinski definition) is 2. The minimum atomic E-state index is -3.48. The third kappa shape index (κ3) is 3.92. The Hall–Kier alpha value is -2.56. The van der Waals surface area contributed by atoms with Gasteiger partial charge in [0.1, 0.15) is 17.1 Å². The third-order valence-electron chi connectivity index (χ3n) is 4.39. The van der Waals surface area contributed by atoms with Gasteiger partial charge in [0.05, 0.1) is 4.90 Å². The molecule has 2 aromatic rings. The zero-order chi connectivity index (χ0) is 19.8. The summed E-state index contributed by atoms with van der Waals surface area (Å²) in [6.07, 6.45) is 2.49. The highest BCUT2D eigenvalue weighted by molar-refractivity contribution is 7.90. The summed E-state index contributed by atoms with van der Waals surface area (Å²) in [4.78, 5) is 15.5. The van der Waals surface area contributed by atoms with Gasteiger partial charge in [0.2, 0.25) is 0 Å². The van der Waals surface area contributed by atoms with Crippen LogP contribution in [0.5, 0.6) is 0 Å². The van der Waals surface area contributed by atoms with Crippen molar-refractivity contribution in [2.75, 3.05) is 11.6 Å². The molecular weight excluding hydrogens is 382 g/mol. The number of pyridine rings is 1. The van der Waals surface area contributed by atoms with E-state index < -0.39 is 33.5 Å². The van der Waals surface area contributed by atoms with Crippen LogP contribution in [0.2, 0.25) is 0 Å². The van der Waals surface area contributed by atoms with Crippen molar-refractivity contribution in [3.8, 4) is 5.82 Å². The van der Waals surface area contributed by atoms with Crippen LogP contribution in [0.3, 0.4) is 0 Å². The molecular formula is C16H18F2N4O4S. The average molecular weight is 400 g/mol. The molecule has 1 aliphatic rings. The molecule has 27 heavy (non-hydrogen) atoms. The molecule has 0 unspecified atom stereocenters. The molecule has 0 amide bonds. The summed E-state index contributed by atoms with van der Waals surface area (Å²) in [6.45, 7) is 0. The van der Waals surface area contributed by atoms with Gasteiger partial charge in [0.25, 0.3) is 6.43 Å². The van der Waals surface area contributed by atoms with Gasteiger partial charge in [-0.3, -0.25) is 0 Å². The lowest BCUT2D eigenvalue weighted by atomic mass is 10.2. The maximum atomic E-state index is 13.4. The summed E-state index contributed by atoms with van der Waals surface area (Å²) in [5.41, 5.74) is -1.47. The second-order valence-electron chi connectivity index (χ2n) is 6.38. The maximum Gasteiger partial charge on any atom is 0.341 e. The molecule has 8 nitrogen and oxygen atoms in total. The standard InChI is InChI=1S/C16H18F2N4O4S/c1-27(25,26)10-6-7-11(19-8-10)22-15(20-9-4-2-3-5-9)12(16(23)24)13(21-22)14(17)18/h6-9,14,20H,2-5H2,1H3,(H,23,24). The van der Waals surface area contributed by atoms with Crippen molar-refractivity contribution in [2.45, 2.75) is 43.0 Å². The van der Waals surface area contributed by atoms with Gasteiger partial charge in [-0.05, 0) is 25.0 Å². The molecule has 2 aromatic heterocycles. The number of aromatic carboxylic acids is 1. The predicted molar refractivity (Wildman–Crippen MR) is 92.3 cm³/mol. The number of anilines is 1. The minimum Gasteiger partial charge on any atom is -0.477 e. The Morgan fingerprint density at radius 3 is 2.48 bits per heavy atom. The fourth-order valence-corrected chi connectivity index (χ4v) is 3.64. The Balaban J connectivity index is 2.12. The van der Waals surface area contributed by atoms with Gasteiger partial charge in [0.15, 0.2) is 15.7 Å². The summed E-state index contributed by atoms with van der Waals surface area (Å²) in [5.74, 6) is -1.56. The van der Waals surface area contributed by atoms with Crippen molar-refractivity contribution >= 4 is 21.6 Å². The van der Waals surface area contributed by atoms with E-state index in [2.05, 4.69) is 15.4 Å². The first-order valence-corrected chi connectivity index (χ1v) is 10.1. The summed E-state index contributed by atoms with van der Waals surface area (Å²) >= 11 is 0. The fourth-order valence-electron chi connectivity index (χ4n) is 3.08. The van der Waals surface area contributed by atoms with Crippen LogP contribution in [0, 0.1) is 0 Å². The molecule has 1 fully saturated rings. The minimum absolute atomic E-state index is 0.0392. The van der Waals surface area contributed by atoms with Crippen LogP contribution in [-0.4, -0.2) is 46.6 Å². The van der Waals surface area contributed by atoms with Crippen LogP contribution in [0.4, 0.5) is 14.6 Å². The number of nitrogens with zero attached hydrogens (tertiary/aromatic N) is 3. The van der Waals surface area contributed by atoms with Gasteiger partial charge in [0, 0.05) is 18.5 Å². The third-order valence-corrected chi connectivity index (χ3v) is 5.49. The molecule has 1 aliphatic carbocycles. The molecule has 0 radical (unpaired) electrons. The first-order valence-electron chi connectivity index (χ1n) is 8.26. The lowest BCUT2D eigenvalue weighted by Gasteiger charge is -2.15. The number of nitrogens with one attached hydrogen (secondary N) is 1. The molecule has 0 bridgehead atoms. The lowest BCUT2D eigenvalue weighted by molar-refractivity contribution is 0.0685. The van der Waals surface area contributed by atoms with Crippen LogP contribution in [0.1, 0.15) is 48.2 Å². The van der Waals surface area contributed by atoms with E-state index in [-0.39, 0.29) is 22.6 Å². The number of carboxylic acid groups (broad SMARTS) is 1. The van der Waals surface area contributed by atoms with Crippen molar-refractivity contribution in [3.63, 3.8) is 0 Å². The number of rotatable bonds is 6. The molecule has 0 saturated heterocycles. The number of halogens is 2. The molecule has 11 heteroatoms. The zero-order valence-corrected chi connectivity index (χ0v) is 15.2. The van der Waals surface area contributed by atoms with E-state index in [4.69, 9.17) is 0 Å². The summed E-state index contributed by atoms with van der Waals surface area (Å²) in [6, 6.07) is 2.50. The van der Waals surface area contributed by atoms with Gasteiger partial charge in [-0.1, -0.05) is 12.8 Å². The molecule has 2 N–H and O–H groups in total. The van der Waals surface area contributed by atoms with Crippen LogP contribution >= 0.6 is 0 Å². The summed E-state index contributed by atoms with van der Waals surface area (Å²) in [5, 5.41) is 16.2. The van der Waals surface area contributed by atoms with E-state index in [9.17, 15) is 27.1 Å². The SMILES string of the molecule is CS(=O)(=O)c1ccc(-n2nc(C(F)F)c(C(=O)O)c2NC2CCCC2)nc1. The Labute approximate surface area is 154 Å². The van der Waals surface area contributed by atoms with E-state index in [0.29, 0.717) is 0 Å². The number of carbonyl (C=O) groups is 1. The number of hydrogen-bond acceptors (Lipinski definition) is 6. The highest BCUT2D eigenvalue weighted by Gasteiger charge is 2.31. The Bertz CT molecular complexity index is 952. The number of aromatic nitrogens is 3. The second-order valence-corrected chi connectivity index (χ2v) is 8.39. The highest BCUT2D eigenvalue weighted by Crippen LogP contribution is 2.32. The van der Waals surface area contributed by atoms with Crippen LogP contribution < -0.4 is 5.32 Å². The van der Waals surface area contributed by atoms with E-state index in [1.54, 1.807) is 0 Å². The fraction of sp³-hybridized carbons (Fsp3) is 0.438. The molecule has 0 spiro atoms. The number of alkyl halides is 2. The average Bonchev–Trinajstić information content (AvgIpc) is 3.22.